The van der Waals surface area contributed by atoms with Gasteiger partial charge < -0.3 is 14.2 Å². The molecule has 466 valence electrons. The molecule has 0 aromatic rings. The van der Waals surface area contributed by atoms with Crippen molar-refractivity contribution in [3.8, 4) is 0 Å². The molecule has 0 aliphatic heterocycles. The van der Waals surface area contributed by atoms with Crippen molar-refractivity contribution in [3.05, 3.63) is 24.3 Å². The van der Waals surface area contributed by atoms with Gasteiger partial charge in [-0.2, -0.15) is 0 Å². The summed E-state index contributed by atoms with van der Waals surface area (Å²) in [6.45, 7) is 6.72. The number of carbonyl (C=O) groups excluding carboxylic acids is 3. The van der Waals surface area contributed by atoms with E-state index in [1.807, 2.05) is 0 Å². The van der Waals surface area contributed by atoms with E-state index in [0.29, 0.717) is 19.3 Å². The normalized spacial score (nSPS) is 12.1. The molecular formula is C73H138O6. The Morgan fingerprint density at radius 1 is 0.253 bits per heavy atom. The van der Waals surface area contributed by atoms with Crippen LogP contribution >= 0.6 is 0 Å². The molecule has 0 heterocycles. The molecule has 0 amide bonds. The summed E-state index contributed by atoms with van der Waals surface area (Å²) in [6.07, 6.45) is 83.5. The summed E-state index contributed by atoms with van der Waals surface area (Å²) in [5, 5.41) is 0. The van der Waals surface area contributed by atoms with Gasteiger partial charge in [-0.25, -0.2) is 0 Å². The molecule has 0 aliphatic rings. The van der Waals surface area contributed by atoms with Crippen LogP contribution in [0.4, 0.5) is 0 Å². The second-order valence-corrected chi connectivity index (χ2v) is 24.5. The smallest absolute Gasteiger partial charge is 0.306 e. The summed E-state index contributed by atoms with van der Waals surface area (Å²) in [4.78, 5) is 38.4. The van der Waals surface area contributed by atoms with E-state index in [1.165, 1.54) is 302 Å². The van der Waals surface area contributed by atoms with Crippen LogP contribution in [0, 0.1) is 0 Å². The van der Waals surface area contributed by atoms with E-state index in [0.717, 1.165) is 64.2 Å². The minimum Gasteiger partial charge on any atom is -0.462 e. The molecule has 0 saturated carbocycles. The fourth-order valence-corrected chi connectivity index (χ4v) is 11.1. The molecule has 0 radical (unpaired) electrons. The second kappa shape index (κ2) is 68.4. The number of allylic oxidation sites excluding steroid dienone is 4. The number of rotatable bonds is 67. The molecule has 0 saturated heterocycles. The van der Waals surface area contributed by atoms with E-state index in [2.05, 4.69) is 45.1 Å². The Morgan fingerprint density at radius 2 is 0.456 bits per heavy atom. The fraction of sp³-hybridized carbons (Fsp3) is 0.904. The molecule has 1 unspecified atom stereocenters. The number of unbranched alkanes of at least 4 members (excludes halogenated alkanes) is 52. The molecular weight excluding hydrogens is 973 g/mol. The maximum absolute atomic E-state index is 13.0. The lowest BCUT2D eigenvalue weighted by Gasteiger charge is -2.18. The van der Waals surface area contributed by atoms with E-state index in [-0.39, 0.29) is 31.1 Å². The molecule has 0 fully saturated rings. The topological polar surface area (TPSA) is 78.9 Å². The summed E-state index contributed by atoms with van der Waals surface area (Å²) in [7, 11) is 0. The van der Waals surface area contributed by atoms with Crippen molar-refractivity contribution in [2.75, 3.05) is 13.2 Å². The lowest BCUT2D eigenvalue weighted by molar-refractivity contribution is -0.167. The molecule has 0 N–H and O–H groups in total. The number of hydrogen-bond acceptors (Lipinski definition) is 6. The SMILES string of the molecule is CCCCCCC/C=C\C/C=C\CCCCCCCCCCCCCCCCCC(=O)OCC(COC(=O)CCCCCCCCCCCCCCCC)OC(=O)CCCCCCCCCCCCCCCCCCCCCC. The number of esters is 3. The first kappa shape index (κ1) is 76.9. The predicted octanol–water partition coefficient (Wildman–Crippen LogP) is 24.6. The molecule has 0 rings (SSSR count). The Balaban J connectivity index is 4.21. The van der Waals surface area contributed by atoms with Gasteiger partial charge in [-0.15, -0.1) is 0 Å². The minimum absolute atomic E-state index is 0.0635. The number of hydrogen-bond donors (Lipinski definition) is 0. The van der Waals surface area contributed by atoms with E-state index in [1.54, 1.807) is 0 Å². The highest BCUT2D eigenvalue weighted by molar-refractivity contribution is 5.71. The molecule has 0 spiro atoms. The highest BCUT2D eigenvalue weighted by Crippen LogP contribution is 2.19. The van der Waals surface area contributed by atoms with Gasteiger partial charge in [0.1, 0.15) is 13.2 Å². The number of carbonyl (C=O) groups is 3. The Hall–Kier alpha value is -2.11. The highest BCUT2D eigenvalue weighted by Gasteiger charge is 2.19. The van der Waals surface area contributed by atoms with Gasteiger partial charge in [0.15, 0.2) is 6.10 Å². The van der Waals surface area contributed by atoms with Gasteiger partial charge in [0, 0.05) is 19.3 Å². The van der Waals surface area contributed by atoms with Gasteiger partial charge in [-0.05, 0) is 51.4 Å². The zero-order valence-electron chi connectivity index (χ0n) is 53.7. The van der Waals surface area contributed by atoms with Crippen LogP contribution in [0.15, 0.2) is 24.3 Å². The van der Waals surface area contributed by atoms with Crippen LogP contribution < -0.4 is 0 Å². The van der Waals surface area contributed by atoms with Crippen LogP contribution in [0.1, 0.15) is 406 Å². The van der Waals surface area contributed by atoms with Crippen molar-refractivity contribution in [2.45, 2.75) is 412 Å². The molecule has 6 nitrogen and oxygen atoms in total. The van der Waals surface area contributed by atoms with Crippen molar-refractivity contribution < 1.29 is 28.6 Å². The zero-order valence-corrected chi connectivity index (χ0v) is 53.7. The van der Waals surface area contributed by atoms with Crippen LogP contribution in [-0.2, 0) is 28.6 Å². The summed E-state index contributed by atoms with van der Waals surface area (Å²) >= 11 is 0. The summed E-state index contributed by atoms with van der Waals surface area (Å²) in [6, 6.07) is 0. The second-order valence-electron chi connectivity index (χ2n) is 24.5. The Bertz CT molecular complexity index is 1270. The average molecular weight is 1110 g/mol. The van der Waals surface area contributed by atoms with Gasteiger partial charge in [0.25, 0.3) is 0 Å². The molecule has 0 bridgehead atoms. The Labute approximate surface area is 493 Å². The van der Waals surface area contributed by atoms with Crippen LogP contribution in [0.5, 0.6) is 0 Å². The quantitative estimate of drug-likeness (QED) is 0.0261. The van der Waals surface area contributed by atoms with Crippen molar-refractivity contribution in [2.24, 2.45) is 0 Å². The van der Waals surface area contributed by atoms with Crippen molar-refractivity contribution in [1.82, 2.24) is 0 Å². The van der Waals surface area contributed by atoms with Crippen LogP contribution in [0.25, 0.3) is 0 Å². The molecule has 6 heteroatoms. The maximum atomic E-state index is 13.0. The monoisotopic (exact) mass is 1110 g/mol. The largest absolute Gasteiger partial charge is 0.462 e. The lowest BCUT2D eigenvalue weighted by atomic mass is 10.0. The molecule has 79 heavy (non-hydrogen) atoms. The van der Waals surface area contributed by atoms with E-state index >= 15 is 0 Å². The summed E-state index contributed by atoms with van der Waals surface area (Å²) in [5.74, 6) is -0.828. The minimum atomic E-state index is -0.767. The van der Waals surface area contributed by atoms with Gasteiger partial charge in [0.05, 0.1) is 0 Å². The fourth-order valence-electron chi connectivity index (χ4n) is 11.1. The first-order valence-corrected chi connectivity index (χ1v) is 35.8. The van der Waals surface area contributed by atoms with Crippen molar-refractivity contribution in [1.29, 1.82) is 0 Å². The first-order valence-electron chi connectivity index (χ1n) is 35.8. The molecule has 0 aromatic carbocycles. The third-order valence-corrected chi connectivity index (χ3v) is 16.5. The van der Waals surface area contributed by atoms with Crippen LogP contribution in [0.2, 0.25) is 0 Å². The standard InChI is InChI=1S/C73H138O6/c1-4-7-10-13-16-19-22-25-28-30-32-34-35-36-37-38-39-40-42-43-45-48-51-54-57-60-63-66-72(75)78-69-70(68-77-71(74)65-62-59-56-53-50-47-27-24-21-18-15-12-9-6-3)79-73(76)67-64-61-58-55-52-49-46-44-41-33-31-29-26-23-20-17-14-11-8-5-2/h22,25,30,32,70H,4-21,23-24,26-29,31,33-69H2,1-3H3/b25-22-,32-30-. The zero-order chi connectivity index (χ0) is 57.1. The van der Waals surface area contributed by atoms with Crippen LogP contribution in [-0.4, -0.2) is 37.2 Å². The lowest BCUT2D eigenvalue weighted by Crippen LogP contribution is -2.30. The van der Waals surface area contributed by atoms with E-state index in [4.69, 9.17) is 14.2 Å². The van der Waals surface area contributed by atoms with Gasteiger partial charge in [-0.3, -0.25) is 14.4 Å². The molecule has 0 aliphatic carbocycles. The van der Waals surface area contributed by atoms with Crippen molar-refractivity contribution >= 4 is 17.9 Å². The van der Waals surface area contributed by atoms with Crippen molar-refractivity contribution in [3.63, 3.8) is 0 Å². The summed E-state index contributed by atoms with van der Waals surface area (Å²) in [5.41, 5.74) is 0. The van der Waals surface area contributed by atoms with Gasteiger partial charge in [-0.1, -0.05) is 360 Å². The van der Waals surface area contributed by atoms with Gasteiger partial charge >= 0.3 is 17.9 Å². The maximum Gasteiger partial charge on any atom is 0.306 e. The van der Waals surface area contributed by atoms with Gasteiger partial charge in [0.2, 0.25) is 0 Å². The molecule has 1 atom stereocenters. The van der Waals surface area contributed by atoms with Crippen LogP contribution in [0.3, 0.4) is 0 Å². The van der Waals surface area contributed by atoms with E-state index in [9.17, 15) is 14.4 Å². The third-order valence-electron chi connectivity index (χ3n) is 16.5. The Morgan fingerprint density at radius 3 is 0.696 bits per heavy atom. The Kier molecular flexibility index (Phi) is 66.6. The summed E-state index contributed by atoms with van der Waals surface area (Å²) < 4.78 is 17.0. The first-order chi connectivity index (χ1) is 39.0. The number of ether oxygens (including phenoxy) is 3. The average Bonchev–Trinajstić information content (AvgIpc) is 3.45. The van der Waals surface area contributed by atoms with E-state index < -0.39 is 6.10 Å². The predicted molar refractivity (Wildman–Crippen MR) is 344 cm³/mol. The highest BCUT2D eigenvalue weighted by atomic mass is 16.6. The molecule has 0 aromatic heterocycles. The third kappa shape index (κ3) is 66.6.